The summed E-state index contributed by atoms with van der Waals surface area (Å²) in [4.78, 5) is 9.11. The second-order valence-electron chi connectivity index (χ2n) is 4.47. The van der Waals surface area contributed by atoms with Crippen molar-refractivity contribution in [3.63, 3.8) is 0 Å². The van der Waals surface area contributed by atoms with Gasteiger partial charge in [-0.1, -0.05) is 35.0 Å². The molecule has 0 aliphatic carbocycles. The molecule has 100 valence electrons. The number of hydrogen-bond donors (Lipinski definition) is 1. The molecular formula is C15H18BrN3. The van der Waals surface area contributed by atoms with Gasteiger partial charge in [-0.05, 0) is 31.7 Å². The molecule has 0 amide bonds. The lowest BCUT2D eigenvalue weighted by Crippen LogP contribution is -2.18. The Labute approximate surface area is 122 Å². The van der Waals surface area contributed by atoms with Gasteiger partial charge < -0.3 is 5.32 Å². The van der Waals surface area contributed by atoms with Gasteiger partial charge in [0.05, 0.1) is 5.69 Å². The van der Waals surface area contributed by atoms with Crippen LogP contribution in [-0.4, -0.2) is 23.6 Å². The molecule has 2 rings (SSSR count). The van der Waals surface area contributed by atoms with Crippen molar-refractivity contribution in [1.29, 1.82) is 0 Å². The van der Waals surface area contributed by atoms with Crippen LogP contribution in [0.1, 0.15) is 25.1 Å². The first-order valence-electron chi connectivity index (χ1n) is 6.48. The zero-order valence-electron chi connectivity index (χ0n) is 11.2. The van der Waals surface area contributed by atoms with Gasteiger partial charge in [0.2, 0.25) is 0 Å². The van der Waals surface area contributed by atoms with Gasteiger partial charge >= 0.3 is 0 Å². The van der Waals surface area contributed by atoms with E-state index in [-0.39, 0.29) is 0 Å². The zero-order chi connectivity index (χ0) is 13.7. The molecule has 1 N–H and O–H groups in total. The lowest BCUT2D eigenvalue weighted by Gasteiger charge is -2.13. The first-order chi connectivity index (χ1) is 9.24. The minimum absolute atomic E-state index is 0.361. The van der Waals surface area contributed by atoms with Crippen molar-refractivity contribution in [2.24, 2.45) is 0 Å². The van der Waals surface area contributed by atoms with Crippen LogP contribution in [0.2, 0.25) is 0 Å². The Balaban J connectivity index is 2.30. The second-order valence-corrected chi connectivity index (χ2v) is 5.39. The maximum Gasteiger partial charge on any atom is 0.133 e. The first-order valence-corrected chi connectivity index (χ1v) is 7.27. The fraction of sp³-hybridized carbons (Fsp3) is 0.333. The van der Waals surface area contributed by atoms with E-state index in [9.17, 15) is 0 Å². The van der Waals surface area contributed by atoms with Gasteiger partial charge in [0.25, 0.3) is 0 Å². The van der Waals surface area contributed by atoms with E-state index in [0.29, 0.717) is 5.92 Å². The van der Waals surface area contributed by atoms with E-state index in [1.54, 1.807) is 0 Å². The highest BCUT2D eigenvalue weighted by Crippen LogP contribution is 2.22. The predicted octanol–water partition coefficient (Wildman–Crippen LogP) is 3.62. The van der Waals surface area contributed by atoms with E-state index in [0.717, 1.165) is 34.5 Å². The van der Waals surface area contributed by atoms with E-state index >= 15 is 0 Å². The van der Waals surface area contributed by atoms with Gasteiger partial charge in [-0.25, -0.2) is 9.97 Å². The molecule has 1 atom stereocenters. The number of rotatable bonds is 5. The molecule has 0 bridgehead atoms. The van der Waals surface area contributed by atoms with Crippen LogP contribution in [0.25, 0.3) is 11.3 Å². The molecular weight excluding hydrogens is 302 g/mol. The fourth-order valence-electron chi connectivity index (χ4n) is 2.02. The van der Waals surface area contributed by atoms with Gasteiger partial charge in [-0.2, -0.15) is 0 Å². The standard InChI is InChI=1S/C15H18BrN3/c1-3-11(10-17-2)15-18-9-8-14(19-15)12-4-6-13(16)7-5-12/h4-9,11,17H,3,10H2,1-2H3. The molecule has 0 aliphatic heterocycles. The van der Waals surface area contributed by atoms with Crippen LogP contribution in [0.4, 0.5) is 0 Å². The topological polar surface area (TPSA) is 37.8 Å². The third-order valence-corrected chi connectivity index (χ3v) is 3.65. The van der Waals surface area contributed by atoms with Crippen LogP contribution in [0.3, 0.4) is 0 Å². The number of nitrogens with one attached hydrogen (secondary N) is 1. The Morgan fingerprint density at radius 3 is 2.58 bits per heavy atom. The maximum atomic E-state index is 4.70. The van der Waals surface area contributed by atoms with Crippen LogP contribution < -0.4 is 5.32 Å². The van der Waals surface area contributed by atoms with Crippen molar-refractivity contribution in [3.8, 4) is 11.3 Å². The highest BCUT2D eigenvalue weighted by molar-refractivity contribution is 9.10. The molecule has 0 saturated carbocycles. The van der Waals surface area contributed by atoms with E-state index in [1.165, 1.54) is 0 Å². The van der Waals surface area contributed by atoms with Gasteiger partial charge in [-0.3, -0.25) is 0 Å². The van der Waals surface area contributed by atoms with Crippen LogP contribution in [-0.2, 0) is 0 Å². The smallest absolute Gasteiger partial charge is 0.133 e. The summed E-state index contributed by atoms with van der Waals surface area (Å²) in [5, 5.41) is 3.20. The Bertz CT molecular complexity index is 525. The van der Waals surface area contributed by atoms with Crippen LogP contribution >= 0.6 is 15.9 Å². The highest BCUT2D eigenvalue weighted by Gasteiger charge is 2.12. The average molecular weight is 320 g/mol. The number of hydrogen-bond acceptors (Lipinski definition) is 3. The zero-order valence-corrected chi connectivity index (χ0v) is 12.8. The Kier molecular flexibility index (Phi) is 5.05. The van der Waals surface area contributed by atoms with Gasteiger partial charge in [0, 0.05) is 28.7 Å². The first kappa shape index (κ1) is 14.2. The molecule has 0 fully saturated rings. The Morgan fingerprint density at radius 1 is 1.21 bits per heavy atom. The van der Waals surface area contributed by atoms with Gasteiger partial charge in [-0.15, -0.1) is 0 Å². The summed E-state index contributed by atoms with van der Waals surface area (Å²) in [5.41, 5.74) is 2.10. The largest absolute Gasteiger partial charge is 0.319 e. The maximum absolute atomic E-state index is 4.70. The van der Waals surface area contributed by atoms with Crippen molar-refractivity contribution in [1.82, 2.24) is 15.3 Å². The molecule has 3 nitrogen and oxygen atoms in total. The van der Waals surface area contributed by atoms with Gasteiger partial charge in [0.1, 0.15) is 5.82 Å². The Morgan fingerprint density at radius 2 is 1.95 bits per heavy atom. The average Bonchev–Trinajstić information content (AvgIpc) is 2.45. The number of likely N-dealkylation sites (N-methyl/N-ethyl adjacent to an activating group) is 1. The van der Waals surface area contributed by atoms with Crippen molar-refractivity contribution >= 4 is 15.9 Å². The molecule has 19 heavy (non-hydrogen) atoms. The molecule has 0 aliphatic rings. The summed E-state index contributed by atoms with van der Waals surface area (Å²) in [5.74, 6) is 1.28. The van der Waals surface area contributed by atoms with E-state index in [1.807, 2.05) is 31.4 Å². The van der Waals surface area contributed by atoms with Crippen LogP contribution in [0.15, 0.2) is 41.0 Å². The monoisotopic (exact) mass is 319 g/mol. The van der Waals surface area contributed by atoms with Crippen molar-refractivity contribution in [2.45, 2.75) is 19.3 Å². The van der Waals surface area contributed by atoms with Gasteiger partial charge in [0.15, 0.2) is 0 Å². The molecule has 0 radical (unpaired) electrons. The number of nitrogens with zero attached hydrogens (tertiary/aromatic N) is 2. The second kappa shape index (κ2) is 6.78. The Hall–Kier alpha value is -1.26. The summed E-state index contributed by atoms with van der Waals surface area (Å²) in [7, 11) is 1.96. The van der Waals surface area contributed by atoms with Crippen molar-refractivity contribution in [2.75, 3.05) is 13.6 Å². The summed E-state index contributed by atoms with van der Waals surface area (Å²) in [6, 6.07) is 10.1. The van der Waals surface area contributed by atoms with E-state index in [4.69, 9.17) is 4.98 Å². The quantitative estimate of drug-likeness (QED) is 0.914. The lowest BCUT2D eigenvalue weighted by molar-refractivity contribution is 0.580. The molecule has 1 unspecified atom stereocenters. The van der Waals surface area contributed by atoms with E-state index < -0.39 is 0 Å². The number of aromatic nitrogens is 2. The minimum atomic E-state index is 0.361. The molecule has 0 spiro atoms. The number of benzene rings is 1. The molecule has 0 saturated heterocycles. The van der Waals surface area contributed by atoms with Crippen LogP contribution in [0, 0.1) is 0 Å². The number of halogens is 1. The lowest BCUT2D eigenvalue weighted by atomic mass is 10.1. The van der Waals surface area contributed by atoms with E-state index in [2.05, 4.69) is 45.3 Å². The fourth-order valence-corrected chi connectivity index (χ4v) is 2.28. The summed E-state index contributed by atoms with van der Waals surface area (Å²) in [6.45, 7) is 3.07. The molecule has 2 aromatic rings. The molecule has 4 heteroatoms. The van der Waals surface area contributed by atoms with Crippen molar-refractivity contribution in [3.05, 3.63) is 46.8 Å². The predicted molar refractivity (Wildman–Crippen MR) is 82.1 cm³/mol. The molecule has 1 aromatic carbocycles. The van der Waals surface area contributed by atoms with Crippen molar-refractivity contribution < 1.29 is 0 Å². The SMILES string of the molecule is CCC(CNC)c1nccc(-c2ccc(Br)cc2)n1. The van der Waals surface area contributed by atoms with Crippen LogP contribution in [0.5, 0.6) is 0 Å². The molecule has 1 heterocycles. The molecule has 1 aromatic heterocycles. The minimum Gasteiger partial charge on any atom is -0.319 e. The summed E-state index contributed by atoms with van der Waals surface area (Å²) in [6.07, 6.45) is 2.88. The highest BCUT2D eigenvalue weighted by atomic mass is 79.9. The summed E-state index contributed by atoms with van der Waals surface area (Å²) < 4.78 is 1.08. The third-order valence-electron chi connectivity index (χ3n) is 3.12. The third kappa shape index (κ3) is 3.61. The summed E-state index contributed by atoms with van der Waals surface area (Å²) >= 11 is 3.45. The normalized spacial score (nSPS) is 12.4.